The van der Waals surface area contributed by atoms with Crippen LogP contribution in [0.15, 0.2) is 34.9 Å². The molecule has 1 saturated carbocycles. The summed E-state index contributed by atoms with van der Waals surface area (Å²) in [5, 5.41) is 7.87. The molecule has 1 N–H and O–H groups in total. The normalized spacial score (nSPS) is 16.1. The van der Waals surface area contributed by atoms with Crippen LogP contribution >= 0.6 is 15.9 Å². The molecule has 1 aliphatic rings. The molecule has 112 valence electrons. The van der Waals surface area contributed by atoms with Gasteiger partial charge in [-0.05, 0) is 53.0 Å². The van der Waals surface area contributed by atoms with Crippen LogP contribution in [-0.4, -0.2) is 9.78 Å². The summed E-state index contributed by atoms with van der Waals surface area (Å²) in [5.41, 5.74) is 1.74. The molecule has 0 spiro atoms. The molecule has 0 atom stereocenters. The first-order valence-corrected chi connectivity index (χ1v) is 8.24. The van der Waals surface area contributed by atoms with E-state index >= 15 is 0 Å². The molecule has 3 rings (SSSR count). The number of hydrogen-bond donors (Lipinski definition) is 1. The fourth-order valence-corrected chi connectivity index (χ4v) is 3.23. The largest absolute Gasteiger partial charge is 0.378 e. The van der Waals surface area contributed by atoms with Crippen molar-refractivity contribution in [2.75, 3.05) is 5.32 Å². The first-order chi connectivity index (χ1) is 10.2. The van der Waals surface area contributed by atoms with Gasteiger partial charge in [-0.25, -0.2) is 4.39 Å². The lowest BCUT2D eigenvalue weighted by Gasteiger charge is -2.21. The standard InChI is InChI=1S/C16H19BrFN3/c17-15-7-6-12(18)10-16(15)19-11-13-8-9-21(20-13)14-4-2-1-3-5-14/h6-10,14,19H,1-5,11H2. The van der Waals surface area contributed by atoms with Crippen molar-refractivity contribution in [3.63, 3.8) is 0 Å². The number of nitrogens with one attached hydrogen (secondary N) is 1. The fourth-order valence-electron chi connectivity index (χ4n) is 2.84. The Morgan fingerprint density at radius 3 is 2.86 bits per heavy atom. The molecule has 0 amide bonds. The second-order valence-electron chi connectivity index (χ2n) is 5.56. The van der Waals surface area contributed by atoms with Crippen LogP contribution in [0.4, 0.5) is 10.1 Å². The smallest absolute Gasteiger partial charge is 0.125 e. The van der Waals surface area contributed by atoms with Gasteiger partial charge in [0.25, 0.3) is 0 Å². The van der Waals surface area contributed by atoms with Crippen LogP contribution in [0.5, 0.6) is 0 Å². The minimum absolute atomic E-state index is 0.242. The molecule has 0 saturated heterocycles. The zero-order chi connectivity index (χ0) is 14.7. The minimum atomic E-state index is -0.242. The van der Waals surface area contributed by atoms with E-state index in [0.29, 0.717) is 12.6 Å². The van der Waals surface area contributed by atoms with Gasteiger partial charge >= 0.3 is 0 Å². The van der Waals surface area contributed by atoms with E-state index in [0.717, 1.165) is 15.9 Å². The SMILES string of the molecule is Fc1ccc(Br)c(NCc2ccn(C3CCCCC3)n2)c1. The zero-order valence-electron chi connectivity index (χ0n) is 11.9. The number of hydrogen-bond acceptors (Lipinski definition) is 2. The Labute approximate surface area is 132 Å². The van der Waals surface area contributed by atoms with E-state index in [1.54, 1.807) is 6.07 Å². The van der Waals surface area contributed by atoms with E-state index in [4.69, 9.17) is 0 Å². The van der Waals surface area contributed by atoms with Gasteiger partial charge in [0.15, 0.2) is 0 Å². The van der Waals surface area contributed by atoms with Crippen molar-refractivity contribution in [3.05, 3.63) is 46.4 Å². The minimum Gasteiger partial charge on any atom is -0.378 e. The Morgan fingerprint density at radius 1 is 1.24 bits per heavy atom. The Kier molecular flexibility index (Phi) is 4.58. The lowest BCUT2D eigenvalue weighted by molar-refractivity contribution is 0.328. The third kappa shape index (κ3) is 3.64. The second kappa shape index (κ2) is 6.60. The van der Waals surface area contributed by atoms with Crippen LogP contribution < -0.4 is 5.32 Å². The van der Waals surface area contributed by atoms with E-state index in [9.17, 15) is 4.39 Å². The highest BCUT2D eigenvalue weighted by Crippen LogP contribution is 2.28. The summed E-state index contributed by atoms with van der Waals surface area (Å²) in [4.78, 5) is 0. The Hall–Kier alpha value is -1.36. The Balaban J connectivity index is 1.63. The highest BCUT2D eigenvalue weighted by Gasteiger charge is 2.15. The summed E-state index contributed by atoms with van der Waals surface area (Å²) in [7, 11) is 0. The van der Waals surface area contributed by atoms with E-state index in [1.165, 1.54) is 44.2 Å². The monoisotopic (exact) mass is 351 g/mol. The van der Waals surface area contributed by atoms with Gasteiger partial charge in [0.1, 0.15) is 5.82 Å². The molecule has 2 aromatic rings. The predicted molar refractivity (Wildman–Crippen MR) is 85.8 cm³/mol. The van der Waals surface area contributed by atoms with Crippen molar-refractivity contribution >= 4 is 21.6 Å². The number of anilines is 1. The molecule has 21 heavy (non-hydrogen) atoms. The van der Waals surface area contributed by atoms with Gasteiger partial charge in [0.2, 0.25) is 0 Å². The van der Waals surface area contributed by atoms with Crippen LogP contribution in [0.2, 0.25) is 0 Å². The molecule has 0 radical (unpaired) electrons. The average molecular weight is 352 g/mol. The van der Waals surface area contributed by atoms with E-state index < -0.39 is 0 Å². The predicted octanol–water partition coefficient (Wildman–Crippen LogP) is 4.90. The van der Waals surface area contributed by atoms with Gasteiger partial charge < -0.3 is 5.32 Å². The van der Waals surface area contributed by atoms with Crippen LogP contribution in [0.25, 0.3) is 0 Å². The summed E-state index contributed by atoms with van der Waals surface area (Å²) >= 11 is 3.42. The molecule has 0 bridgehead atoms. The van der Waals surface area contributed by atoms with Gasteiger partial charge in [-0.3, -0.25) is 4.68 Å². The summed E-state index contributed by atoms with van der Waals surface area (Å²) in [5.74, 6) is -0.242. The molecule has 3 nitrogen and oxygen atoms in total. The van der Waals surface area contributed by atoms with E-state index in [1.807, 2.05) is 6.07 Å². The third-order valence-electron chi connectivity index (χ3n) is 4.00. The highest BCUT2D eigenvalue weighted by molar-refractivity contribution is 9.10. The number of rotatable bonds is 4. The highest BCUT2D eigenvalue weighted by atomic mass is 79.9. The van der Waals surface area contributed by atoms with Gasteiger partial charge in [-0.15, -0.1) is 0 Å². The van der Waals surface area contributed by atoms with Crippen LogP contribution in [0.1, 0.15) is 43.8 Å². The summed E-state index contributed by atoms with van der Waals surface area (Å²) in [6, 6.07) is 7.22. The molecule has 1 aliphatic carbocycles. The van der Waals surface area contributed by atoms with Crippen LogP contribution in [0.3, 0.4) is 0 Å². The first kappa shape index (κ1) is 14.6. The lowest BCUT2D eigenvalue weighted by Crippen LogP contribution is -2.13. The van der Waals surface area contributed by atoms with Gasteiger partial charge in [0.05, 0.1) is 24.0 Å². The molecular formula is C16H19BrFN3. The van der Waals surface area contributed by atoms with Crippen molar-refractivity contribution in [1.82, 2.24) is 9.78 Å². The summed E-state index contributed by atoms with van der Waals surface area (Å²) in [6.07, 6.45) is 8.46. The first-order valence-electron chi connectivity index (χ1n) is 7.45. The number of halogens is 2. The Bertz CT molecular complexity index is 605. The maximum absolute atomic E-state index is 13.2. The van der Waals surface area contributed by atoms with Crippen molar-refractivity contribution in [2.24, 2.45) is 0 Å². The number of nitrogens with zero attached hydrogens (tertiary/aromatic N) is 2. The molecule has 1 aromatic heterocycles. The number of benzene rings is 1. The maximum Gasteiger partial charge on any atom is 0.125 e. The molecule has 1 heterocycles. The molecule has 0 unspecified atom stereocenters. The van der Waals surface area contributed by atoms with Crippen LogP contribution in [0, 0.1) is 5.82 Å². The van der Waals surface area contributed by atoms with Gasteiger partial charge in [-0.1, -0.05) is 19.3 Å². The van der Waals surface area contributed by atoms with Gasteiger partial charge in [0, 0.05) is 10.7 Å². The average Bonchev–Trinajstić information content (AvgIpc) is 2.98. The fraction of sp³-hybridized carbons (Fsp3) is 0.438. The van der Waals surface area contributed by atoms with Crippen LogP contribution in [-0.2, 0) is 6.54 Å². The Morgan fingerprint density at radius 2 is 2.05 bits per heavy atom. The lowest BCUT2D eigenvalue weighted by atomic mass is 9.96. The molecule has 0 aliphatic heterocycles. The topological polar surface area (TPSA) is 29.9 Å². The zero-order valence-corrected chi connectivity index (χ0v) is 13.4. The van der Waals surface area contributed by atoms with E-state index in [2.05, 4.69) is 37.2 Å². The summed E-state index contributed by atoms with van der Waals surface area (Å²) in [6.45, 7) is 0.599. The molecular weight excluding hydrogens is 333 g/mol. The van der Waals surface area contributed by atoms with Gasteiger partial charge in [-0.2, -0.15) is 5.10 Å². The summed E-state index contributed by atoms with van der Waals surface area (Å²) < 4.78 is 16.2. The molecule has 5 heteroatoms. The van der Waals surface area contributed by atoms with Crippen molar-refractivity contribution in [2.45, 2.75) is 44.7 Å². The van der Waals surface area contributed by atoms with Crippen molar-refractivity contribution in [1.29, 1.82) is 0 Å². The number of aromatic nitrogens is 2. The molecule has 1 fully saturated rings. The quantitative estimate of drug-likeness (QED) is 0.848. The van der Waals surface area contributed by atoms with E-state index in [-0.39, 0.29) is 5.82 Å². The molecule has 1 aromatic carbocycles. The van der Waals surface area contributed by atoms with Crippen molar-refractivity contribution in [3.8, 4) is 0 Å². The second-order valence-corrected chi connectivity index (χ2v) is 6.41. The maximum atomic E-state index is 13.2. The third-order valence-corrected chi connectivity index (χ3v) is 4.69. The van der Waals surface area contributed by atoms with Crippen molar-refractivity contribution < 1.29 is 4.39 Å².